The van der Waals surface area contributed by atoms with E-state index in [0.29, 0.717) is 5.92 Å². The van der Waals surface area contributed by atoms with Crippen LogP contribution < -0.4 is 5.32 Å². The molecule has 86 valence electrons. The van der Waals surface area contributed by atoms with Crippen molar-refractivity contribution in [2.45, 2.75) is 18.8 Å². The van der Waals surface area contributed by atoms with Gasteiger partial charge in [0.05, 0.1) is 10.7 Å². The van der Waals surface area contributed by atoms with Crippen LogP contribution in [0, 0.1) is 0 Å². The van der Waals surface area contributed by atoms with Crippen LogP contribution in [0.1, 0.15) is 24.5 Å². The molecule has 0 amide bonds. The van der Waals surface area contributed by atoms with Gasteiger partial charge in [-0.1, -0.05) is 11.6 Å². The summed E-state index contributed by atoms with van der Waals surface area (Å²) >= 11 is 6.07. The molecule has 0 saturated carbocycles. The second kappa shape index (κ2) is 7.29. The lowest BCUT2D eigenvalue weighted by Crippen LogP contribution is -2.27. The fraction of sp³-hybridized carbons (Fsp3) is 0.500. The molecule has 1 aromatic heterocycles. The maximum Gasteiger partial charge on any atom is 0.0624 e. The molecule has 1 aliphatic rings. The SMILES string of the molecule is Cl.Cl.Clc1cccnc1C1CCNCC1. The molecule has 0 aromatic carbocycles. The number of aromatic nitrogens is 1. The van der Waals surface area contributed by atoms with Crippen molar-refractivity contribution in [3.8, 4) is 0 Å². The summed E-state index contributed by atoms with van der Waals surface area (Å²) in [5, 5.41) is 4.15. The summed E-state index contributed by atoms with van der Waals surface area (Å²) in [5.74, 6) is 0.551. The zero-order valence-electron chi connectivity index (χ0n) is 8.28. The van der Waals surface area contributed by atoms with E-state index in [2.05, 4.69) is 10.3 Å². The first-order chi connectivity index (χ1) is 6.38. The Balaban J connectivity index is 0.000000980. The Morgan fingerprint density at radius 1 is 1.27 bits per heavy atom. The predicted octanol–water partition coefficient (Wildman–Crippen LogP) is 3.05. The van der Waals surface area contributed by atoms with E-state index in [-0.39, 0.29) is 24.8 Å². The highest BCUT2D eigenvalue weighted by Gasteiger charge is 2.18. The van der Waals surface area contributed by atoms with Crippen LogP contribution in [0.15, 0.2) is 18.3 Å². The van der Waals surface area contributed by atoms with Gasteiger partial charge >= 0.3 is 0 Å². The van der Waals surface area contributed by atoms with Crippen molar-refractivity contribution in [1.82, 2.24) is 10.3 Å². The number of rotatable bonds is 1. The van der Waals surface area contributed by atoms with Crippen molar-refractivity contribution in [1.29, 1.82) is 0 Å². The summed E-state index contributed by atoms with van der Waals surface area (Å²) < 4.78 is 0. The van der Waals surface area contributed by atoms with Gasteiger partial charge in [0.15, 0.2) is 0 Å². The molecule has 1 N–H and O–H groups in total. The van der Waals surface area contributed by atoms with Gasteiger partial charge in [0, 0.05) is 12.1 Å². The maximum absolute atomic E-state index is 6.07. The lowest BCUT2D eigenvalue weighted by Gasteiger charge is -2.22. The van der Waals surface area contributed by atoms with Crippen molar-refractivity contribution >= 4 is 36.4 Å². The lowest BCUT2D eigenvalue weighted by atomic mass is 9.94. The molecule has 0 atom stereocenters. The average molecular weight is 270 g/mol. The van der Waals surface area contributed by atoms with E-state index in [9.17, 15) is 0 Å². The van der Waals surface area contributed by atoms with Gasteiger partial charge in [0.2, 0.25) is 0 Å². The van der Waals surface area contributed by atoms with E-state index in [0.717, 1.165) is 36.6 Å². The average Bonchev–Trinajstić information content (AvgIpc) is 2.20. The van der Waals surface area contributed by atoms with Crippen LogP contribution in [0.3, 0.4) is 0 Å². The van der Waals surface area contributed by atoms with Gasteiger partial charge in [0.25, 0.3) is 0 Å². The van der Waals surface area contributed by atoms with Crippen molar-refractivity contribution in [2.24, 2.45) is 0 Å². The van der Waals surface area contributed by atoms with Gasteiger partial charge in [-0.25, -0.2) is 0 Å². The highest BCUT2D eigenvalue weighted by atomic mass is 35.5. The molecule has 1 fully saturated rings. The highest BCUT2D eigenvalue weighted by Crippen LogP contribution is 2.28. The first-order valence-electron chi connectivity index (χ1n) is 4.69. The third kappa shape index (κ3) is 3.80. The van der Waals surface area contributed by atoms with E-state index in [1.165, 1.54) is 0 Å². The fourth-order valence-electron chi connectivity index (χ4n) is 1.79. The molecule has 1 aliphatic heterocycles. The zero-order chi connectivity index (χ0) is 9.10. The Hall–Kier alpha value is -0.0200. The van der Waals surface area contributed by atoms with Gasteiger partial charge in [-0.3, -0.25) is 4.98 Å². The number of piperidine rings is 1. The Morgan fingerprint density at radius 3 is 2.53 bits per heavy atom. The summed E-state index contributed by atoms with van der Waals surface area (Å²) in [7, 11) is 0. The molecule has 15 heavy (non-hydrogen) atoms. The van der Waals surface area contributed by atoms with Gasteiger partial charge in [-0.2, -0.15) is 0 Å². The van der Waals surface area contributed by atoms with Crippen LogP contribution in [-0.4, -0.2) is 18.1 Å². The van der Waals surface area contributed by atoms with Crippen LogP contribution in [0.5, 0.6) is 0 Å². The van der Waals surface area contributed by atoms with E-state index < -0.39 is 0 Å². The molecule has 0 unspecified atom stereocenters. The van der Waals surface area contributed by atoms with Crippen LogP contribution >= 0.6 is 36.4 Å². The smallest absolute Gasteiger partial charge is 0.0624 e. The van der Waals surface area contributed by atoms with E-state index in [1.807, 2.05) is 18.3 Å². The van der Waals surface area contributed by atoms with Crippen LogP contribution in [0.4, 0.5) is 0 Å². The molecule has 2 nitrogen and oxygen atoms in total. The number of hydrogen-bond acceptors (Lipinski definition) is 2. The minimum absolute atomic E-state index is 0. The Bertz CT molecular complexity index is 288. The summed E-state index contributed by atoms with van der Waals surface area (Å²) in [6.07, 6.45) is 4.12. The quantitative estimate of drug-likeness (QED) is 0.848. The Kier molecular flexibility index (Phi) is 7.28. The number of halogens is 3. The van der Waals surface area contributed by atoms with E-state index in [1.54, 1.807) is 0 Å². The summed E-state index contributed by atoms with van der Waals surface area (Å²) in [6, 6.07) is 3.80. The largest absolute Gasteiger partial charge is 0.317 e. The first-order valence-corrected chi connectivity index (χ1v) is 5.07. The molecular formula is C10H15Cl3N2. The number of hydrogen-bond donors (Lipinski definition) is 1. The molecule has 0 bridgehead atoms. The van der Waals surface area contributed by atoms with Crippen LogP contribution in [0.2, 0.25) is 5.02 Å². The van der Waals surface area contributed by atoms with Gasteiger partial charge < -0.3 is 5.32 Å². The molecule has 2 heterocycles. The highest BCUT2D eigenvalue weighted by molar-refractivity contribution is 6.31. The zero-order valence-corrected chi connectivity index (χ0v) is 10.7. The molecule has 2 rings (SSSR count). The summed E-state index contributed by atoms with van der Waals surface area (Å²) in [6.45, 7) is 2.16. The van der Waals surface area contributed by atoms with Gasteiger partial charge in [0.1, 0.15) is 0 Å². The Labute approximate surface area is 108 Å². The van der Waals surface area contributed by atoms with Crippen molar-refractivity contribution < 1.29 is 0 Å². The number of nitrogens with zero attached hydrogens (tertiary/aromatic N) is 1. The second-order valence-electron chi connectivity index (χ2n) is 3.39. The van der Waals surface area contributed by atoms with Gasteiger partial charge in [-0.05, 0) is 38.1 Å². The van der Waals surface area contributed by atoms with Crippen molar-refractivity contribution in [2.75, 3.05) is 13.1 Å². The monoisotopic (exact) mass is 268 g/mol. The Morgan fingerprint density at radius 2 is 1.93 bits per heavy atom. The third-order valence-electron chi connectivity index (χ3n) is 2.51. The van der Waals surface area contributed by atoms with Gasteiger partial charge in [-0.15, -0.1) is 24.8 Å². The molecule has 5 heteroatoms. The number of nitrogens with one attached hydrogen (secondary N) is 1. The summed E-state index contributed by atoms with van der Waals surface area (Å²) in [5.41, 5.74) is 1.07. The van der Waals surface area contributed by atoms with Crippen LogP contribution in [0.25, 0.3) is 0 Å². The molecule has 1 aromatic rings. The molecule has 1 saturated heterocycles. The van der Waals surface area contributed by atoms with Crippen LogP contribution in [-0.2, 0) is 0 Å². The predicted molar refractivity (Wildman–Crippen MR) is 68.6 cm³/mol. The van der Waals surface area contributed by atoms with E-state index >= 15 is 0 Å². The van der Waals surface area contributed by atoms with E-state index in [4.69, 9.17) is 11.6 Å². The topological polar surface area (TPSA) is 24.9 Å². The standard InChI is InChI=1S/C10H13ClN2.2ClH/c11-9-2-1-5-13-10(9)8-3-6-12-7-4-8;;/h1-2,5,8,12H,3-4,6-7H2;2*1H. The second-order valence-corrected chi connectivity index (χ2v) is 3.80. The molecule has 0 radical (unpaired) electrons. The summed E-state index contributed by atoms with van der Waals surface area (Å²) in [4.78, 5) is 4.34. The maximum atomic E-state index is 6.07. The van der Waals surface area contributed by atoms with Crippen molar-refractivity contribution in [3.63, 3.8) is 0 Å². The minimum Gasteiger partial charge on any atom is -0.317 e. The first kappa shape index (κ1) is 15.0. The fourth-order valence-corrected chi connectivity index (χ4v) is 2.07. The lowest BCUT2D eigenvalue weighted by molar-refractivity contribution is 0.453. The normalized spacial score (nSPS) is 16.3. The number of pyridine rings is 1. The third-order valence-corrected chi connectivity index (χ3v) is 2.83. The minimum atomic E-state index is 0. The molecule has 0 spiro atoms. The molecular weight excluding hydrogens is 254 g/mol. The molecule has 0 aliphatic carbocycles. The van der Waals surface area contributed by atoms with Crippen molar-refractivity contribution in [3.05, 3.63) is 29.0 Å².